The fourth-order valence-corrected chi connectivity index (χ4v) is 2.82. The molecule has 2 aliphatic carbocycles. The van der Waals surface area contributed by atoms with E-state index in [4.69, 9.17) is 0 Å². The second kappa shape index (κ2) is 2.99. The van der Waals surface area contributed by atoms with Gasteiger partial charge in [0.05, 0.1) is 15.8 Å². The van der Waals surface area contributed by atoms with E-state index in [0.717, 1.165) is 4.68 Å². The summed E-state index contributed by atoms with van der Waals surface area (Å²) in [6.07, 6.45) is -3.83. The third-order valence-electron chi connectivity index (χ3n) is 3.09. The molecule has 2 aliphatic rings. The number of halogens is 4. The molecule has 1 saturated carbocycles. The molecule has 0 amide bonds. The van der Waals surface area contributed by atoms with Gasteiger partial charge in [0, 0.05) is 11.8 Å². The molecule has 0 N–H and O–H groups in total. The van der Waals surface area contributed by atoms with Gasteiger partial charge in [0.2, 0.25) is 0 Å². The summed E-state index contributed by atoms with van der Waals surface area (Å²) in [5, 5.41) is 3.92. The molecule has 0 spiro atoms. The van der Waals surface area contributed by atoms with Crippen LogP contribution < -0.4 is 0 Å². The molecule has 1 heterocycles. The van der Waals surface area contributed by atoms with Crippen LogP contribution in [0.3, 0.4) is 0 Å². The van der Waals surface area contributed by atoms with Crippen LogP contribution in [-0.4, -0.2) is 15.6 Å². The lowest BCUT2D eigenvalue weighted by molar-refractivity contribution is -0.144. The number of fused-ring (bicyclic) bond motifs is 3. The standard InChI is InChI=1S/C9H6F3IN2O/c10-9(11,12)8-5-6(14-15(8)2-13)3-1-4(3)7(5)16/h3-4H,1-2H2. The van der Waals surface area contributed by atoms with Gasteiger partial charge in [0.15, 0.2) is 11.5 Å². The van der Waals surface area contributed by atoms with E-state index in [-0.39, 0.29) is 27.7 Å². The number of Topliss-reactive ketones (excluding diaryl/α,β-unsaturated/α-hetero) is 1. The average Bonchev–Trinajstić information content (AvgIpc) is 2.80. The molecule has 16 heavy (non-hydrogen) atoms. The number of ketones is 1. The fourth-order valence-electron chi connectivity index (χ4n) is 2.33. The second-order valence-electron chi connectivity index (χ2n) is 4.04. The summed E-state index contributed by atoms with van der Waals surface area (Å²) < 4.78 is 39.5. The highest BCUT2D eigenvalue weighted by molar-refractivity contribution is 14.1. The van der Waals surface area contributed by atoms with Gasteiger partial charge in [-0.1, -0.05) is 22.6 Å². The monoisotopic (exact) mass is 342 g/mol. The Morgan fingerprint density at radius 3 is 2.69 bits per heavy atom. The van der Waals surface area contributed by atoms with Crippen molar-refractivity contribution in [3.8, 4) is 0 Å². The quantitative estimate of drug-likeness (QED) is 0.581. The van der Waals surface area contributed by atoms with E-state index in [0.29, 0.717) is 12.1 Å². The van der Waals surface area contributed by atoms with E-state index in [1.54, 1.807) is 22.6 Å². The molecule has 1 aromatic heterocycles. The first-order valence-corrected chi connectivity index (χ1v) is 6.25. The molecule has 2 unspecified atom stereocenters. The Morgan fingerprint density at radius 1 is 1.44 bits per heavy atom. The first-order valence-electron chi connectivity index (χ1n) is 4.73. The van der Waals surface area contributed by atoms with Crippen molar-refractivity contribution < 1.29 is 18.0 Å². The molecule has 0 radical (unpaired) electrons. The summed E-state index contributed by atoms with van der Waals surface area (Å²) in [6, 6.07) is 0. The van der Waals surface area contributed by atoms with Crippen molar-refractivity contribution in [1.29, 1.82) is 0 Å². The lowest BCUT2D eigenvalue weighted by atomic mass is 10.1. The molecule has 7 heteroatoms. The topological polar surface area (TPSA) is 34.9 Å². The molecule has 3 rings (SSSR count). The van der Waals surface area contributed by atoms with Gasteiger partial charge < -0.3 is 0 Å². The predicted molar refractivity (Wildman–Crippen MR) is 56.4 cm³/mol. The van der Waals surface area contributed by atoms with Gasteiger partial charge in [-0.15, -0.1) is 0 Å². The van der Waals surface area contributed by atoms with Crippen LogP contribution >= 0.6 is 22.6 Å². The van der Waals surface area contributed by atoms with Crippen molar-refractivity contribution >= 4 is 28.4 Å². The summed E-state index contributed by atoms with van der Waals surface area (Å²) in [4.78, 5) is 11.7. The van der Waals surface area contributed by atoms with Crippen molar-refractivity contribution in [2.75, 3.05) is 0 Å². The Labute approximate surface area is 102 Å². The van der Waals surface area contributed by atoms with Crippen LogP contribution in [0.15, 0.2) is 0 Å². The van der Waals surface area contributed by atoms with Crippen LogP contribution in [0.1, 0.15) is 34.1 Å². The molecule has 1 aromatic rings. The molecule has 0 aromatic carbocycles. The third-order valence-corrected chi connectivity index (χ3v) is 3.73. The van der Waals surface area contributed by atoms with Gasteiger partial charge in [-0.05, 0) is 6.42 Å². The maximum atomic E-state index is 12.8. The van der Waals surface area contributed by atoms with E-state index in [2.05, 4.69) is 5.10 Å². The summed E-state index contributed by atoms with van der Waals surface area (Å²) in [5.74, 6) is -0.640. The number of carbonyl (C=O) groups is 1. The lowest BCUT2D eigenvalue weighted by Crippen LogP contribution is -2.17. The van der Waals surface area contributed by atoms with Crippen molar-refractivity contribution in [1.82, 2.24) is 9.78 Å². The molecule has 3 nitrogen and oxygen atoms in total. The van der Waals surface area contributed by atoms with E-state index in [1.807, 2.05) is 0 Å². The minimum atomic E-state index is -4.50. The molecule has 2 atom stereocenters. The third kappa shape index (κ3) is 1.20. The highest BCUT2D eigenvalue weighted by atomic mass is 127. The highest BCUT2D eigenvalue weighted by Crippen LogP contribution is 2.57. The van der Waals surface area contributed by atoms with E-state index < -0.39 is 11.9 Å². The Hall–Kier alpha value is -0.600. The van der Waals surface area contributed by atoms with Crippen LogP contribution in [0, 0.1) is 5.92 Å². The smallest absolute Gasteiger partial charge is 0.294 e. The first kappa shape index (κ1) is 10.5. The minimum absolute atomic E-state index is 0.0483. The fraction of sp³-hybridized carbons (Fsp3) is 0.556. The largest absolute Gasteiger partial charge is 0.433 e. The molecule has 1 fully saturated rings. The summed E-state index contributed by atoms with van der Waals surface area (Å²) in [5.41, 5.74) is -0.682. The average molecular weight is 342 g/mol. The summed E-state index contributed by atoms with van der Waals surface area (Å²) in [7, 11) is 0. The van der Waals surface area contributed by atoms with Crippen LogP contribution in [0.5, 0.6) is 0 Å². The molecular weight excluding hydrogens is 336 g/mol. The zero-order chi connectivity index (χ0) is 11.7. The van der Waals surface area contributed by atoms with Crippen molar-refractivity contribution in [3.05, 3.63) is 17.0 Å². The molecule has 0 bridgehead atoms. The zero-order valence-electron chi connectivity index (χ0n) is 7.88. The summed E-state index contributed by atoms with van der Waals surface area (Å²) in [6.45, 7) is 0. The van der Waals surface area contributed by atoms with E-state index in [1.165, 1.54) is 0 Å². The van der Waals surface area contributed by atoms with E-state index in [9.17, 15) is 18.0 Å². The van der Waals surface area contributed by atoms with Crippen LogP contribution in [0.2, 0.25) is 0 Å². The zero-order valence-corrected chi connectivity index (χ0v) is 10.0. The number of carbonyl (C=O) groups excluding carboxylic acids is 1. The first-order chi connectivity index (χ1) is 7.45. The second-order valence-corrected chi connectivity index (χ2v) is 4.72. The maximum Gasteiger partial charge on any atom is 0.433 e. The Morgan fingerprint density at radius 2 is 2.12 bits per heavy atom. The Bertz CT molecular complexity index is 494. The van der Waals surface area contributed by atoms with Gasteiger partial charge in [0.1, 0.15) is 0 Å². The summed E-state index contributed by atoms with van der Waals surface area (Å²) >= 11 is 1.81. The minimum Gasteiger partial charge on any atom is -0.294 e. The van der Waals surface area contributed by atoms with Gasteiger partial charge in [0.25, 0.3) is 0 Å². The number of rotatable bonds is 1. The number of alkyl halides is 4. The Kier molecular flexibility index (Phi) is 1.97. The maximum absolute atomic E-state index is 12.8. The van der Waals surface area contributed by atoms with Gasteiger partial charge in [-0.2, -0.15) is 18.3 Å². The van der Waals surface area contributed by atoms with Crippen LogP contribution in [0.25, 0.3) is 0 Å². The van der Waals surface area contributed by atoms with Gasteiger partial charge >= 0.3 is 6.18 Å². The molecule has 0 aliphatic heterocycles. The molecule has 86 valence electrons. The van der Waals surface area contributed by atoms with Gasteiger partial charge in [-0.25, -0.2) is 4.68 Å². The highest BCUT2D eigenvalue weighted by Gasteiger charge is 2.58. The number of hydrogen-bond donors (Lipinski definition) is 0. The van der Waals surface area contributed by atoms with Crippen molar-refractivity contribution in [2.24, 2.45) is 5.92 Å². The Balaban J connectivity index is 2.23. The van der Waals surface area contributed by atoms with Gasteiger partial charge in [-0.3, -0.25) is 4.79 Å². The normalized spacial score (nSPS) is 26.9. The number of aromatic nitrogens is 2. The van der Waals surface area contributed by atoms with E-state index >= 15 is 0 Å². The predicted octanol–water partition coefficient (Wildman–Crippen LogP) is 2.59. The van der Waals surface area contributed by atoms with Crippen LogP contribution in [-0.2, 0) is 10.7 Å². The molecular formula is C9H6F3IN2O. The van der Waals surface area contributed by atoms with Crippen molar-refractivity contribution in [3.63, 3.8) is 0 Å². The number of nitrogens with zero attached hydrogens (tertiary/aromatic N) is 2. The van der Waals surface area contributed by atoms with Crippen LogP contribution in [0.4, 0.5) is 13.2 Å². The number of hydrogen-bond acceptors (Lipinski definition) is 2. The lowest BCUT2D eigenvalue weighted by Gasteiger charge is -2.09. The molecule has 0 saturated heterocycles. The van der Waals surface area contributed by atoms with Crippen molar-refractivity contribution in [2.45, 2.75) is 23.1 Å². The SMILES string of the molecule is O=C1c2c(nn(CI)c2C(F)(F)F)C2CC12.